The number of benzene rings is 1. The highest BCUT2D eigenvalue weighted by molar-refractivity contribution is 5.55. The molecule has 0 saturated carbocycles. The van der Waals surface area contributed by atoms with Gasteiger partial charge in [-0.1, -0.05) is 26.0 Å². The molecular formula is C18H20N4O. The molecular weight excluding hydrogens is 288 g/mol. The number of nitrogens with zero attached hydrogens (tertiary/aromatic N) is 2. The van der Waals surface area contributed by atoms with Crippen LogP contribution in [-0.2, 0) is 6.54 Å². The fourth-order valence-corrected chi connectivity index (χ4v) is 2.19. The molecule has 0 bridgehead atoms. The Morgan fingerprint density at radius 2 is 1.91 bits per heavy atom. The number of hydrogen-bond acceptors (Lipinski definition) is 5. The van der Waals surface area contributed by atoms with E-state index in [1.165, 1.54) is 5.56 Å². The molecule has 2 N–H and O–H groups in total. The van der Waals surface area contributed by atoms with E-state index in [9.17, 15) is 0 Å². The molecule has 5 nitrogen and oxygen atoms in total. The predicted octanol–water partition coefficient (Wildman–Crippen LogP) is 4.55. The predicted molar refractivity (Wildman–Crippen MR) is 91.9 cm³/mol. The number of furan rings is 1. The van der Waals surface area contributed by atoms with E-state index < -0.39 is 0 Å². The van der Waals surface area contributed by atoms with Gasteiger partial charge in [0, 0.05) is 11.9 Å². The van der Waals surface area contributed by atoms with Crippen LogP contribution in [0.3, 0.4) is 0 Å². The molecule has 0 aliphatic heterocycles. The topological polar surface area (TPSA) is 63.0 Å². The van der Waals surface area contributed by atoms with Crippen LogP contribution in [0.25, 0.3) is 0 Å². The van der Waals surface area contributed by atoms with Crippen molar-refractivity contribution in [3.63, 3.8) is 0 Å². The molecule has 1 aromatic carbocycles. The molecule has 23 heavy (non-hydrogen) atoms. The van der Waals surface area contributed by atoms with Gasteiger partial charge in [0.1, 0.15) is 11.6 Å². The van der Waals surface area contributed by atoms with E-state index in [2.05, 4.69) is 46.6 Å². The Balaban J connectivity index is 1.64. The minimum atomic E-state index is 0.523. The number of nitrogens with one attached hydrogen (secondary N) is 2. The van der Waals surface area contributed by atoms with E-state index in [0.29, 0.717) is 18.4 Å². The van der Waals surface area contributed by atoms with Crippen LogP contribution in [0.1, 0.15) is 31.1 Å². The van der Waals surface area contributed by atoms with Crippen LogP contribution < -0.4 is 10.6 Å². The number of aromatic nitrogens is 2. The van der Waals surface area contributed by atoms with Crippen molar-refractivity contribution in [1.29, 1.82) is 0 Å². The zero-order valence-electron chi connectivity index (χ0n) is 13.3. The second-order valence-corrected chi connectivity index (χ2v) is 5.60. The Morgan fingerprint density at radius 3 is 2.61 bits per heavy atom. The average Bonchev–Trinajstić information content (AvgIpc) is 3.07. The van der Waals surface area contributed by atoms with Gasteiger partial charge in [-0.2, -0.15) is 4.98 Å². The third kappa shape index (κ3) is 4.10. The maximum Gasteiger partial charge on any atom is 0.229 e. The van der Waals surface area contributed by atoms with Crippen molar-refractivity contribution in [3.05, 3.63) is 66.2 Å². The van der Waals surface area contributed by atoms with Crippen LogP contribution in [0.4, 0.5) is 17.5 Å². The summed E-state index contributed by atoms with van der Waals surface area (Å²) < 4.78 is 5.29. The second kappa shape index (κ2) is 6.96. The van der Waals surface area contributed by atoms with Gasteiger partial charge in [0.05, 0.1) is 12.8 Å². The molecule has 0 fully saturated rings. The van der Waals surface area contributed by atoms with Gasteiger partial charge >= 0.3 is 0 Å². The molecule has 0 unspecified atom stereocenters. The second-order valence-electron chi connectivity index (χ2n) is 5.60. The Morgan fingerprint density at radius 1 is 1.09 bits per heavy atom. The lowest BCUT2D eigenvalue weighted by atomic mass is 10.0. The summed E-state index contributed by atoms with van der Waals surface area (Å²) in [6.45, 7) is 4.95. The first-order chi connectivity index (χ1) is 11.2. The largest absolute Gasteiger partial charge is 0.467 e. The van der Waals surface area contributed by atoms with E-state index in [0.717, 1.165) is 17.3 Å². The quantitative estimate of drug-likeness (QED) is 0.699. The van der Waals surface area contributed by atoms with Crippen molar-refractivity contribution in [2.24, 2.45) is 0 Å². The molecule has 0 aliphatic carbocycles. The number of anilines is 3. The van der Waals surface area contributed by atoms with E-state index in [1.807, 2.05) is 30.3 Å². The summed E-state index contributed by atoms with van der Waals surface area (Å²) >= 11 is 0. The molecule has 0 atom stereocenters. The minimum absolute atomic E-state index is 0.523. The summed E-state index contributed by atoms with van der Waals surface area (Å²) in [5.41, 5.74) is 2.28. The summed E-state index contributed by atoms with van der Waals surface area (Å²) in [6, 6.07) is 13.9. The Bertz CT molecular complexity index is 736. The lowest BCUT2D eigenvalue weighted by Gasteiger charge is -2.09. The molecule has 3 rings (SSSR count). The first kappa shape index (κ1) is 15.1. The fraction of sp³-hybridized carbons (Fsp3) is 0.222. The highest BCUT2D eigenvalue weighted by atomic mass is 16.3. The highest BCUT2D eigenvalue weighted by Crippen LogP contribution is 2.19. The third-order valence-electron chi connectivity index (χ3n) is 3.51. The van der Waals surface area contributed by atoms with Crippen LogP contribution in [-0.4, -0.2) is 9.97 Å². The van der Waals surface area contributed by atoms with Crippen LogP contribution in [0, 0.1) is 0 Å². The Kier molecular flexibility index (Phi) is 4.57. The summed E-state index contributed by atoms with van der Waals surface area (Å²) in [5, 5.41) is 6.43. The van der Waals surface area contributed by atoms with Gasteiger partial charge in [0.25, 0.3) is 0 Å². The van der Waals surface area contributed by atoms with Crippen molar-refractivity contribution in [2.75, 3.05) is 10.6 Å². The van der Waals surface area contributed by atoms with Crippen molar-refractivity contribution >= 4 is 17.5 Å². The average molecular weight is 308 g/mol. The van der Waals surface area contributed by atoms with Crippen LogP contribution in [0.5, 0.6) is 0 Å². The summed E-state index contributed by atoms with van der Waals surface area (Å²) in [6.07, 6.45) is 3.38. The maximum atomic E-state index is 5.29. The van der Waals surface area contributed by atoms with Crippen molar-refractivity contribution in [3.8, 4) is 0 Å². The lowest BCUT2D eigenvalue weighted by Crippen LogP contribution is -2.03. The standard InChI is InChI=1S/C18H20N4O/c1-13(2)14-5-7-15(8-6-14)21-18-19-10-9-17(22-18)20-12-16-4-3-11-23-16/h3-11,13H,12H2,1-2H3,(H2,19,20,21,22). The number of rotatable bonds is 6. The molecule has 3 aromatic rings. The molecule has 2 heterocycles. The lowest BCUT2D eigenvalue weighted by molar-refractivity contribution is 0.518. The molecule has 118 valence electrons. The Hall–Kier alpha value is -2.82. The van der Waals surface area contributed by atoms with Gasteiger partial charge in [-0.15, -0.1) is 0 Å². The van der Waals surface area contributed by atoms with E-state index in [-0.39, 0.29) is 0 Å². The van der Waals surface area contributed by atoms with Crippen molar-refractivity contribution in [1.82, 2.24) is 9.97 Å². The van der Waals surface area contributed by atoms with Gasteiger partial charge in [-0.05, 0) is 41.8 Å². The van der Waals surface area contributed by atoms with Crippen molar-refractivity contribution in [2.45, 2.75) is 26.3 Å². The molecule has 0 aliphatic rings. The van der Waals surface area contributed by atoms with Crippen molar-refractivity contribution < 1.29 is 4.42 Å². The van der Waals surface area contributed by atoms with Crippen LogP contribution in [0.15, 0.2) is 59.3 Å². The smallest absolute Gasteiger partial charge is 0.229 e. The van der Waals surface area contributed by atoms with E-state index in [4.69, 9.17) is 4.42 Å². The maximum absolute atomic E-state index is 5.29. The molecule has 0 spiro atoms. The molecule has 0 radical (unpaired) electrons. The molecule has 5 heteroatoms. The summed E-state index contributed by atoms with van der Waals surface area (Å²) in [7, 11) is 0. The van der Waals surface area contributed by atoms with Gasteiger partial charge in [-0.3, -0.25) is 0 Å². The van der Waals surface area contributed by atoms with Gasteiger partial charge in [-0.25, -0.2) is 4.98 Å². The molecule has 0 amide bonds. The van der Waals surface area contributed by atoms with E-state index >= 15 is 0 Å². The van der Waals surface area contributed by atoms with Crippen LogP contribution >= 0.6 is 0 Å². The highest BCUT2D eigenvalue weighted by Gasteiger charge is 2.03. The molecule has 2 aromatic heterocycles. The third-order valence-corrected chi connectivity index (χ3v) is 3.51. The van der Waals surface area contributed by atoms with Crippen LogP contribution in [0.2, 0.25) is 0 Å². The normalized spacial score (nSPS) is 10.7. The van der Waals surface area contributed by atoms with Gasteiger partial charge in [0.15, 0.2) is 0 Å². The zero-order chi connectivity index (χ0) is 16.1. The minimum Gasteiger partial charge on any atom is -0.467 e. The monoisotopic (exact) mass is 308 g/mol. The fourth-order valence-electron chi connectivity index (χ4n) is 2.19. The first-order valence-corrected chi connectivity index (χ1v) is 7.67. The molecule has 0 saturated heterocycles. The summed E-state index contributed by atoms with van der Waals surface area (Å²) in [5.74, 6) is 2.70. The number of hydrogen-bond donors (Lipinski definition) is 2. The zero-order valence-corrected chi connectivity index (χ0v) is 13.3. The SMILES string of the molecule is CC(C)c1ccc(Nc2nccc(NCc3ccco3)n2)cc1. The van der Waals surface area contributed by atoms with Gasteiger partial charge < -0.3 is 15.1 Å². The summed E-state index contributed by atoms with van der Waals surface area (Å²) in [4.78, 5) is 8.70. The first-order valence-electron chi connectivity index (χ1n) is 7.67. The van der Waals surface area contributed by atoms with E-state index in [1.54, 1.807) is 12.5 Å². The van der Waals surface area contributed by atoms with Gasteiger partial charge in [0.2, 0.25) is 5.95 Å². The Labute approximate surface area is 135 Å².